The third kappa shape index (κ3) is 4.92. The Kier molecular flexibility index (Phi) is 5.31. The first kappa shape index (κ1) is 17.7. The van der Waals surface area contributed by atoms with Crippen LogP contribution < -0.4 is 16.0 Å². The minimum Gasteiger partial charge on any atom is -0.349 e. The van der Waals surface area contributed by atoms with Gasteiger partial charge in [-0.2, -0.15) is 0 Å². The Balaban J connectivity index is 1.62. The summed E-state index contributed by atoms with van der Waals surface area (Å²) in [6, 6.07) is 14.3. The molecule has 3 amide bonds. The van der Waals surface area contributed by atoms with Crippen LogP contribution in [-0.2, 0) is 16.0 Å². The van der Waals surface area contributed by atoms with Crippen molar-refractivity contribution in [3.05, 3.63) is 59.7 Å². The van der Waals surface area contributed by atoms with Gasteiger partial charge in [-0.05, 0) is 42.7 Å². The average molecular weight is 351 g/mol. The molecule has 0 spiro atoms. The molecule has 3 N–H and O–H groups in total. The Hall–Kier alpha value is -3.15. The predicted molar refractivity (Wildman–Crippen MR) is 100 cm³/mol. The summed E-state index contributed by atoms with van der Waals surface area (Å²) in [7, 11) is 0. The summed E-state index contributed by atoms with van der Waals surface area (Å²) in [6.07, 6.45) is 2.20. The van der Waals surface area contributed by atoms with Crippen LogP contribution in [0.4, 0.5) is 11.4 Å². The molecule has 0 unspecified atom stereocenters. The molecule has 6 nitrogen and oxygen atoms in total. The molecule has 2 aromatic carbocycles. The van der Waals surface area contributed by atoms with Crippen molar-refractivity contribution in [1.82, 2.24) is 5.32 Å². The summed E-state index contributed by atoms with van der Waals surface area (Å²) in [5.74, 6) is -0.511. The van der Waals surface area contributed by atoms with E-state index in [0.717, 1.165) is 18.4 Å². The zero-order valence-electron chi connectivity index (χ0n) is 14.5. The van der Waals surface area contributed by atoms with Gasteiger partial charge in [0.15, 0.2) is 0 Å². The smallest absolute Gasteiger partial charge is 0.253 e. The van der Waals surface area contributed by atoms with Crippen LogP contribution in [0.5, 0.6) is 0 Å². The second-order valence-corrected chi connectivity index (χ2v) is 6.40. The number of rotatable bonds is 6. The fourth-order valence-corrected chi connectivity index (χ4v) is 2.57. The number of para-hydroxylation sites is 1. The fourth-order valence-electron chi connectivity index (χ4n) is 2.57. The van der Waals surface area contributed by atoms with Gasteiger partial charge in [0.2, 0.25) is 11.8 Å². The van der Waals surface area contributed by atoms with E-state index in [2.05, 4.69) is 16.0 Å². The molecule has 1 saturated carbocycles. The predicted octanol–water partition coefficient (Wildman–Crippen LogP) is 2.72. The average Bonchev–Trinajstić information content (AvgIpc) is 3.40. The van der Waals surface area contributed by atoms with E-state index in [0.29, 0.717) is 16.9 Å². The number of anilines is 2. The van der Waals surface area contributed by atoms with Crippen molar-refractivity contribution in [2.75, 3.05) is 10.6 Å². The summed E-state index contributed by atoms with van der Waals surface area (Å²) in [5.41, 5.74) is 2.47. The Morgan fingerprint density at radius 2 is 1.65 bits per heavy atom. The van der Waals surface area contributed by atoms with Crippen LogP contribution in [0.25, 0.3) is 0 Å². The highest BCUT2D eigenvalue weighted by atomic mass is 16.2. The SMILES string of the molecule is CC(=O)Nc1ccc(CC(=O)Nc2ccccc2C(=O)NC2CC2)cc1. The number of hydrogen-bond acceptors (Lipinski definition) is 3. The van der Waals surface area contributed by atoms with Crippen molar-refractivity contribution < 1.29 is 14.4 Å². The Bertz CT molecular complexity index is 826. The summed E-state index contributed by atoms with van der Waals surface area (Å²) < 4.78 is 0. The molecule has 0 aliphatic heterocycles. The maximum Gasteiger partial charge on any atom is 0.253 e. The second kappa shape index (κ2) is 7.82. The minimum atomic E-state index is -0.205. The molecule has 0 saturated heterocycles. The van der Waals surface area contributed by atoms with Crippen LogP contribution >= 0.6 is 0 Å². The van der Waals surface area contributed by atoms with Crippen LogP contribution in [0.15, 0.2) is 48.5 Å². The number of carbonyl (C=O) groups is 3. The molecule has 6 heteroatoms. The first-order valence-corrected chi connectivity index (χ1v) is 8.57. The van der Waals surface area contributed by atoms with Gasteiger partial charge in [-0.1, -0.05) is 24.3 Å². The molecule has 1 aliphatic rings. The van der Waals surface area contributed by atoms with Crippen LogP contribution in [0, 0.1) is 0 Å². The molecule has 0 radical (unpaired) electrons. The topological polar surface area (TPSA) is 87.3 Å². The summed E-state index contributed by atoms with van der Waals surface area (Å²) in [6.45, 7) is 1.44. The molecule has 0 heterocycles. The lowest BCUT2D eigenvalue weighted by Gasteiger charge is -2.11. The molecule has 0 aromatic heterocycles. The van der Waals surface area contributed by atoms with E-state index >= 15 is 0 Å². The summed E-state index contributed by atoms with van der Waals surface area (Å²) >= 11 is 0. The Labute approximate surface area is 152 Å². The van der Waals surface area contributed by atoms with Gasteiger partial charge in [0.1, 0.15) is 0 Å². The second-order valence-electron chi connectivity index (χ2n) is 6.40. The van der Waals surface area contributed by atoms with Crippen LogP contribution in [0.3, 0.4) is 0 Å². The quantitative estimate of drug-likeness (QED) is 0.748. The lowest BCUT2D eigenvalue weighted by atomic mass is 10.1. The first-order chi connectivity index (χ1) is 12.5. The molecule has 1 aliphatic carbocycles. The van der Waals surface area contributed by atoms with Crippen molar-refractivity contribution in [2.24, 2.45) is 0 Å². The zero-order chi connectivity index (χ0) is 18.5. The molecular weight excluding hydrogens is 330 g/mol. The molecule has 26 heavy (non-hydrogen) atoms. The number of carbonyl (C=O) groups excluding carboxylic acids is 3. The van der Waals surface area contributed by atoms with E-state index in [1.165, 1.54) is 6.92 Å². The lowest BCUT2D eigenvalue weighted by molar-refractivity contribution is -0.116. The largest absolute Gasteiger partial charge is 0.349 e. The van der Waals surface area contributed by atoms with Crippen molar-refractivity contribution >= 4 is 29.1 Å². The Morgan fingerprint density at radius 3 is 2.31 bits per heavy atom. The molecule has 134 valence electrons. The summed E-state index contributed by atoms with van der Waals surface area (Å²) in [5, 5.41) is 8.42. The van der Waals surface area contributed by atoms with Gasteiger partial charge in [-0.3, -0.25) is 14.4 Å². The molecule has 0 atom stereocenters. The lowest BCUT2D eigenvalue weighted by Crippen LogP contribution is -2.27. The standard InChI is InChI=1S/C20H21N3O3/c1-13(24)21-15-8-6-14(7-9-15)12-19(25)23-18-5-3-2-4-17(18)20(26)22-16-10-11-16/h2-9,16H,10-12H2,1H3,(H,21,24)(H,22,26)(H,23,25). The fraction of sp³-hybridized carbons (Fsp3) is 0.250. The van der Waals surface area contributed by atoms with Gasteiger partial charge in [-0.15, -0.1) is 0 Å². The number of nitrogens with one attached hydrogen (secondary N) is 3. The van der Waals surface area contributed by atoms with Crippen LogP contribution in [0.2, 0.25) is 0 Å². The Morgan fingerprint density at radius 1 is 0.962 bits per heavy atom. The van der Waals surface area contributed by atoms with Crippen LogP contribution in [-0.4, -0.2) is 23.8 Å². The normalized spacial score (nSPS) is 13.0. The van der Waals surface area contributed by atoms with Crippen molar-refractivity contribution in [3.63, 3.8) is 0 Å². The van der Waals surface area contributed by atoms with Crippen LogP contribution in [0.1, 0.15) is 35.7 Å². The van der Waals surface area contributed by atoms with E-state index in [9.17, 15) is 14.4 Å². The molecule has 3 rings (SSSR count). The van der Waals surface area contributed by atoms with Gasteiger partial charge < -0.3 is 16.0 Å². The van der Waals surface area contributed by atoms with E-state index in [1.54, 1.807) is 48.5 Å². The minimum absolute atomic E-state index is 0.142. The maximum absolute atomic E-state index is 12.3. The van der Waals surface area contributed by atoms with Crippen molar-refractivity contribution in [2.45, 2.75) is 32.2 Å². The van der Waals surface area contributed by atoms with Gasteiger partial charge in [-0.25, -0.2) is 0 Å². The first-order valence-electron chi connectivity index (χ1n) is 8.57. The van der Waals surface area contributed by atoms with E-state index < -0.39 is 0 Å². The number of amides is 3. The van der Waals surface area contributed by atoms with Gasteiger partial charge >= 0.3 is 0 Å². The monoisotopic (exact) mass is 351 g/mol. The van der Waals surface area contributed by atoms with E-state index in [1.807, 2.05) is 0 Å². The number of hydrogen-bond donors (Lipinski definition) is 3. The molecule has 1 fully saturated rings. The van der Waals surface area contributed by atoms with Gasteiger partial charge in [0.05, 0.1) is 17.7 Å². The zero-order valence-corrected chi connectivity index (χ0v) is 14.5. The molecule has 2 aromatic rings. The van der Waals surface area contributed by atoms with E-state index in [4.69, 9.17) is 0 Å². The third-order valence-corrected chi connectivity index (χ3v) is 4.00. The maximum atomic E-state index is 12.3. The van der Waals surface area contributed by atoms with Gasteiger partial charge in [0, 0.05) is 18.7 Å². The van der Waals surface area contributed by atoms with Crippen molar-refractivity contribution in [1.29, 1.82) is 0 Å². The van der Waals surface area contributed by atoms with E-state index in [-0.39, 0.29) is 30.2 Å². The molecule has 0 bridgehead atoms. The van der Waals surface area contributed by atoms with Gasteiger partial charge in [0.25, 0.3) is 5.91 Å². The third-order valence-electron chi connectivity index (χ3n) is 4.00. The molecular formula is C20H21N3O3. The summed E-state index contributed by atoms with van der Waals surface area (Å²) in [4.78, 5) is 35.7. The highest BCUT2D eigenvalue weighted by molar-refractivity contribution is 6.04. The highest BCUT2D eigenvalue weighted by Gasteiger charge is 2.25. The van der Waals surface area contributed by atoms with Crippen molar-refractivity contribution in [3.8, 4) is 0 Å². The number of benzene rings is 2. The highest BCUT2D eigenvalue weighted by Crippen LogP contribution is 2.21.